The summed E-state index contributed by atoms with van der Waals surface area (Å²) in [7, 11) is -2.84. The molecule has 258 valence electrons. The molecule has 0 bridgehead atoms. The average molecular weight is 709 g/mol. The molecule has 10 aromatic rings. The molecule has 0 aliphatic heterocycles. The minimum atomic E-state index is -2.84. The van der Waals surface area contributed by atoms with Crippen molar-refractivity contribution in [3.8, 4) is 22.3 Å². The molecule has 0 aliphatic rings. The predicted octanol–water partition coefficient (Wildman–Crippen LogP) is 12.6. The summed E-state index contributed by atoms with van der Waals surface area (Å²) in [6.45, 7) is 7.30. The molecule has 54 heavy (non-hydrogen) atoms. The van der Waals surface area contributed by atoms with Crippen molar-refractivity contribution in [1.82, 2.24) is 0 Å². The smallest absolute Gasteiger partial charge is 0.158 e. The van der Waals surface area contributed by atoms with Crippen LogP contribution in [0.2, 0.25) is 5.04 Å². The highest BCUT2D eigenvalue weighted by atomic mass is 28.3. The van der Waals surface area contributed by atoms with Gasteiger partial charge in [0.15, 0.2) is 8.07 Å². The summed E-state index contributed by atoms with van der Waals surface area (Å²) in [5.41, 5.74) is 6.94. The van der Waals surface area contributed by atoms with Crippen LogP contribution in [0.4, 0.5) is 0 Å². The molecule has 0 fully saturated rings. The molecular formula is C52H40OSi. The minimum absolute atomic E-state index is 0.122. The molecule has 1 nitrogen and oxygen atoms in total. The van der Waals surface area contributed by atoms with Gasteiger partial charge in [0.1, 0.15) is 11.2 Å². The van der Waals surface area contributed by atoms with Crippen molar-refractivity contribution in [2.75, 3.05) is 0 Å². The van der Waals surface area contributed by atoms with E-state index in [0.717, 1.165) is 21.9 Å². The van der Waals surface area contributed by atoms with E-state index in [0.29, 0.717) is 0 Å². The van der Waals surface area contributed by atoms with Gasteiger partial charge in [-0.2, -0.15) is 0 Å². The zero-order valence-electron chi connectivity index (χ0n) is 30.8. The van der Waals surface area contributed by atoms with Gasteiger partial charge in [0.05, 0.1) is 0 Å². The van der Waals surface area contributed by atoms with Crippen molar-refractivity contribution < 1.29 is 4.42 Å². The maximum absolute atomic E-state index is 7.05. The van der Waals surface area contributed by atoms with Crippen LogP contribution in [-0.4, -0.2) is 8.07 Å². The zero-order valence-corrected chi connectivity index (χ0v) is 31.8. The summed E-state index contributed by atoms with van der Waals surface area (Å²) in [6.07, 6.45) is 0. The van der Waals surface area contributed by atoms with Crippen LogP contribution in [0.1, 0.15) is 20.8 Å². The fourth-order valence-corrected chi connectivity index (χ4v) is 15.3. The third-order valence-corrected chi connectivity index (χ3v) is 17.5. The van der Waals surface area contributed by atoms with Gasteiger partial charge in [0.2, 0.25) is 0 Å². The Morgan fingerprint density at radius 2 is 0.889 bits per heavy atom. The van der Waals surface area contributed by atoms with E-state index in [4.69, 9.17) is 4.42 Å². The largest absolute Gasteiger partial charge is 0.456 e. The van der Waals surface area contributed by atoms with E-state index in [-0.39, 0.29) is 5.04 Å². The summed E-state index contributed by atoms with van der Waals surface area (Å²) in [5, 5.41) is 13.8. The Morgan fingerprint density at radius 3 is 1.48 bits per heavy atom. The number of hydrogen-bond donors (Lipinski definition) is 0. The third kappa shape index (κ3) is 4.77. The summed E-state index contributed by atoms with van der Waals surface area (Å²) in [5.74, 6) is 0. The lowest BCUT2D eigenvalue weighted by Gasteiger charge is -2.44. The number of hydrogen-bond acceptors (Lipinski definition) is 1. The molecule has 0 N–H and O–H groups in total. The number of furan rings is 1. The molecule has 0 saturated carbocycles. The highest BCUT2D eigenvalue weighted by Gasteiger charge is 2.51. The normalized spacial score (nSPS) is 12.4. The highest BCUT2D eigenvalue weighted by molar-refractivity contribution is 7.14. The second kappa shape index (κ2) is 12.4. The SMILES string of the molecule is CC(C)(C)[Si](c1ccccc1)(c1ccccc1)c1cc(-c2c3ccccc3c(-c3cccc4ccccc34)c3ccccc23)cc2c1oc1ccccc12. The van der Waals surface area contributed by atoms with Crippen molar-refractivity contribution in [3.05, 3.63) is 188 Å². The first-order chi connectivity index (χ1) is 26.4. The molecule has 0 spiro atoms. The Kier molecular flexibility index (Phi) is 7.47. The van der Waals surface area contributed by atoms with Crippen LogP contribution in [0, 0.1) is 0 Å². The molecule has 0 radical (unpaired) electrons. The number of benzene rings is 9. The van der Waals surface area contributed by atoms with E-state index in [1.165, 1.54) is 70.1 Å². The lowest BCUT2D eigenvalue weighted by atomic mass is 9.84. The summed E-state index contributed by atoms with van der Waals surface area (Å²) in [6, 6.07) is 69.5. The first-order valence-corrected chi connectivity index (χ1v) is 20.9. The van der Waals surface area contributed by atoms with Gasteiger partial charge in [0.25, 0.3) is 0 Å². The molecule has 0 saturated heterocycles. The van der Waals surface area contributed by atoms with Gasteiger partial charge in [-0.1, -0.05) is 197 Å². The van der Waals surface area contributed by atoms with E-state index in [1.807, 2.05) is 0 Å². The van der Waals surface area contributed by atoms with Crippen LogP contribution < -0.4 is 15.6 Å². The topological polar surface area (TPSA) is 13.1 Å². The lowest BCUT2D eigenvalue weighted by molar-refractivity contribution is 0.669. The van der Waals surface area contributed by atoms with Crippen LogP contribution >= 0.6 is 0 Å². The molecule has 1 heterocycles. The first-order valence-electron chi connectivity index (χ1n) is 18.9. The first kappa shape index (κ1) is 32.4. The average Bonchev–Trinajstić information content (AvgIpc) is 3.59. The Hall–Kier alpha value is -6.22. The zero-order chi connectivity index (χ0) is 36.4. The Labute approximate surface area is 317 Å². The Morgan fingerprint density at radius 1 is 0.407 bits per heavy atom. The number of rotatable bonds is 5. The van der Waals surface area contributed by atoms with Crippen molar-refractivity contribution in [2.45, 2.75) is 25.8 Å². The van der Waals surface area contributed by atoms with Crippen molar-refractivity contribution in [3.63, 3.8) is 0 Å². The summed E-state index contributed by atoms with van der Waals surface area (Å²) >= 11 is 0. The highest BCUT2D eigenvalue weighted by Crippen LogP contribution is 2.47. The van der Waals surface area contributed by atoms with Gasteiger partial charge in [-0.3, -0.25) is 0 Å². The van der Waals surface area contributed by atoms with Gasteiger partial charge in [-0.25, -0.2) is 0 Å². The van der Waals surface area contributed by atoms with E-state index in [1.54, 1.807) is 0 Å². The molecule has 0 unspecified atom stereocenters. The molecule has 2 heteroatoms. The number of para-hydroxylation sites is 1. The van der Waals surface area contributed by atoms with Crippen LogP contribution in [0.15, 0.2) is 192 Å². The second-order valence-electron chi connectivity index (χ2n) is 15.6. The quantitative estimate of drug-likeness (QED) is 0.0985. The molecule has 0 atom stereocenters. The van der Waals surface area contributed by atoms with Gasteiger partial charge < -0.3 is 4.42 Å². The molecule has 1 aromatic heterocycles. The summed E-state index contributed by atoms with van der Waals surface area (Å²) in [4.78, 5) is 0. The summed E-state index contributed by atoms with van der Waals surface area (Å²) < 4.78 is 7.05. The molecule has 0 amide bonds. The number of fused-ring (bicyclic) bond motifs is 6. The molecule has 0 aliphatic carbocycles. The van der Waals surface area contributed by atoms with Crippen molar-refractivity contribution >= 4 is 77.9 Å². The lowest BCUT2D eigenvalue weighted by Crippen LogP contribution is -2.72. The van der Waals surface area contributed by atoms with Crippen LogP contribution in [-0.2, 0) is 0 Å². The van der Waals surface area contributed by atoms with E-state index < -0.39 is 8.07 Å². The van der Waals surface area contributed by atoms with E-state index >= 15 is 0 Å². The standard InChI is InChI=1S/C52H40OSi/c1-52(2,3)54(37-21-6-4-7-22-37,38-23-8-5-9-24-38)48-34-36(33-46-40-26-16-17-32-47(40)53-51(46)48)49-42-27-12-14-29-44(42)50(45-30-15-13-28-43(45)49)41-31-18-20-35-19-10-11-25-39(35)41/h4-34H,1-3H3. The third-order valence-electron chi connectivity index (χ3n) is 11.7. The van der Waals surface area contributed by atoms with E-state index in [9.17, 15) is 0 Å². The maximum atomic E-state index is 7.05. The molecule has 10 rings (SSSR count). The van der Waals surface area contributed by atoms with E-state index in [2.05, 4.69) is 209 Å². The minimum Gasteiger partial charge on any atom is -0.456 e. The van der Waals surface area contributed by atoms with Crippen LogP contribution in [0.5, 0.6) is 0 Å². The Bertz CT molecular complexity index is 2920. The Balaban J connectivity index is 1.40. The van der Waals surface area contributed by atoms with Gasteiger partial charge in [0, 0.05) is 10.8 Å². The van der Waals surface area contributed by atoms with Gasteiger partial charge in [-0.15, -0.1) is 0 Å². The van der Waals surface area contributed by atoms with Crippen molar-refractivity contribution in [1.29, 1.82) is 0 Å². The fourth-order valence-electron chi connectivity index (χ4n) is 9.55. The maximum Gasteiger partial charge on any atom is 0.158 e. The molecular weight excluding hydrogens is 669 g/mol. The second-order valence-corrected chi connectivity index (χ2v) is 20.3. The predicted molar refractivity (Wildman–Crippen MR) is 234 cm³/mol. The van der Waals surface area contributed by atoms with Crippen LogP contribution in [0.25, 0.3) is 76.5 Å². The fraction of sp³-hybridized carbons (Fsp3) is 0.0769. The monoisotopic (exact) mass is 708 g/mol. The van der Waals surface area contributed by atoms with Gasteiger partial charge in [-0.05, 0) is 87.3 Å². The molecule has 9 aromatic carbocycles. The van der Waals surface area contributed by atoms with Crippen LogP contribution in [0.3, 0.4) is 0 Å². The van der Waals surface area contributed by atoms with Gasteiger partial charge >= 0.3 is 0 Å². The van der Waals surface area contributed by atoms with Crippen molar-refractivity contribution in [2.24, 2.45) is 0 Å².